The fraction of sp³-hybridized carbons (Fsp3) is 0.421. The van der Waals surface area contributed by atoms with E-state index in [-0.39, 0.29) is 23.8 Å². The quantitative estimate of drug-likeness (QED) is 0.806. The average Bonchev–Trinajstić information content (AvgIpc) is 3.22. The van der Waals surface area contributed by atoms with E-state index in [0.29, 0.717) is 18.2 Å². The molecule has 1 aromatic carbocycles. The van der Waals surface area contributed by atoms with Crippen LogP contribution < -0.4 is 4.74 Å². The molecule has 1 aliphatic heterocycles. The van der Waals surface area contributed by atoms with Gasteiger partial charge in [-0.15, -0.1) is 0 Å². The molecule has 25 heavy (non-hydrogen) atoms. The zero-order valence-electron chi connectivity index (χ0n) is 14.8. The Morgan fingerprint density at radius 3 is 2.72 bits per heavy atom. The van der Waals surface area contributed by atoms with Crippen LogP contribution in [0.3, 0.4) is 0 Å². The number of furan rings is 1. The van der Waals surface area contributed by atoms with E-state index >= 15 is 0 Å². The first-order valence-corrected chi connectivity index (χ1v) is 8.38. The summed E-state index contributed by atoms with van der Waals surface area (Å²) in [6.45, 7) is 1.52. The second-order valence-electron chi connectivity index (χ2n) is 6.41. The molecule has 1 saturated heterocycles. The number of carbonyl (C=O) groups is 1. The Hall–Kier alpha value is -2.31. The standard InChI is InChI=1S/C19H24N2O4/c1-20-13-16(23-3)11-14(20)12-21(2)19(22)17-9-10-18(25-17)24-15-7-5-4-6-8-15/h4-10,14,16H,11-13H2,1-3H3/t14-,16-/m0/s1. The lowest BCUT2D eigenvalue weighted by Crippen LogP contribution is -2.39. The van der Waals surface area contributed by atoms with Crippen molar-refractivity contribution in [2.45, 2.75) is 18.6 Å². The van der Waals surface area contributed by atoms with Crippen molar-refractivity contribution in [3.8, 4) is 11.7 Å². The topological polar surface area (TPSA) is 55.1 Å². The van der Waals surface area contributed by atoms with Crippen molar-refractivity contribution in [1.29, 1.82) is 0 Å². The van der Waals surface area contributed by atoms with Crippen LogP contribution in [0.5, 0.6) is 11.7 Å². The highest BCUT2D eigenvalue weighted by molar-refractivity contribution is 5.91. The van der Waals surface area contributed by atoms with Gasteiger partial charge in [-0.25, -0.2) is 0 Å². The molecule has 1 fully saturated rings. The zero-order valence-corrected chi connectivity index (χ0v) is 14.8. The maximum absolute atomic E-state index is 12.6. The number of likely N-dealkylation sites (N-methyl/N-ethyl adjacent to an activating group) is 2. The molecule has 6 nitrogen and oxygen atoms in total. The molecule has 0 saturated carbocycles. The van der Waals surface area contributed by atoms with Gasteiger partial charge in [-0.05, 0) is 31.7 Å². The van der Waals surface area contributed by atoms with E-state index in [1.165, 1.54) is 0 Å². The molecule has 2 atom stereocenters. The first-order valence-electron chi connectivity index (χ1n) is 8.38. The van der Waals surface area contributed by atoms with Crippen molar-refractivity contribution in [1.82, 2.24) is 9.80 Å². The predicted molar refractivity (Wildman–Crippen MR) is 94.0 cm³/mol. The smallest absolute Gasteiger partial charge is 0.290 e. The second kappa shape index (κ2) is 7.72. The SMILES string of the molecule is CO[C@H]1C[C@@H](CN(C)C(=O)c2ccc(Oc3ccccc3)o2)N(C)C1. The van der Waals surface area contributed by atoms with Gasteiger partial charge in [0.25, 0.3) is 11.9 Å². The average molecular weight is 344 g/mol. The molecular weight excluding hydrogens is 320 g/mol. The maximum Gasteiger partial charge on any atom is 0.290 e. The van der Waals surface area contributed by atoms with E-state index in [9.17, 15) is 4.79 Å². The van der Waals surface area contributed by atoms with Crippen LogP contribution in [0.25, 0.3) is 0 Å². The van der Waals surface area contributed by atoms with Crippen LogP contribution in [-0.4, -0.2) is 62.1 Å². The van der Waals surface area contributed by atoms with E-state index in [0.717, 1.165) is 13.0 Å². The molecule has 2 heterocycles. The van der Waals surface area contributed by atoms with Gasteiger partial charge in [0.15, 0.2) is 5.76 Å². The minimum absolute atomic E-state index is 0.155. The first kappa shape index (κ1) is 17.5. The molecule has 0 bridgehead atoms. The minimum Gasteiger partial charge on any atom is -0.426 e. The first-order chi connectivity index (χ1) is 12.1. The third-order valence-corrected chi connectivity index (χ3v) is 4.57. The monoisotopic (exact) mass is 344 g/mol. The summed E-state index contributed by atoms with van der Waals surface area (Å²) >= 11 is 0. The second-order valence-corrected chi connectivity index (χ2v) is 6.41. The van der Waals surface area contributed by atoms with Crippen molar-refractivity contribution in [3.63, 3.8) is 0 Å². The minimum atomic E-state index is -0.155. The third-order valence-electron chi connectivity index (χ3n) is 4.57. The highest BCUT2D eigenvalue weighted by Crippen LogP contribution is 2.24. The Kier molecular flexibility index (Phi) is 5.40. The summed E-state index contributed by atoms with van der Waals surface area (Å²) in [4.78, 5) is 16.5. The Labute approximate surface area is 147 Å². The van der Waals surface area contributed by atoms with Gasteiger partial charge in [0, 0.05) is 39.4 Å². The number of ether oxygens (including phenoxy) is 2. The number of nitrogens with zero attached hydrogens (tertiary/aromatic N) is 2. The van der Waals surface area contributed by atoms with Gasteiger partial charge in [0.05, 0.1) is 6.10 Å². The van der Waals surface area contributed by atoms with Gasteiger partial charge >= 0.3 is 0 Å². The van der Waals surface area contributed by atoms with Gasteiger partial charge in [-0.1, -0.05) is 18.2 Å². The number of rotatable bonds is 6. The van der Waals surface area contributed by atoms with Crippen LogP contribution >= 0.6 is 0 Å². The molecule has 0 spiro atoms. The summed E-state index contributed by atoms with van der Waals surface area (Å²) in [7, 11) is 5.57. The molecule has 1 aromatic heterocycles. The summed E-state index contributed by atoms with van der Waals surface area (Å²) < 4.78 is 16.6. The van der Waals surface area contributed by atoms with Crippen molar-refractivity contribution >= 4 is 5.91 Å². The fourth-order valence-electron chi connectivity index (χ4n) is 3.09. The normalized spacial score (nSPS) is 20.6. The van der Waals surface area contributed by atoms with Crippen molar-refractivity contribution < 1.29 is 18.7 Å². The van der Waals surface area contributed by atoms with Crippen LogP contribution in [0.4, 0.5) is 0 Å². The molecule has 2 aromatic rings. The van der Waals surface area contributed by atoms with Crippen LogP contribution in [0.15, 0.2) is 46.9 Å². The van der Waals surface area contributed by atoms with E-state index in [4.69, 9.17) is 13.9 Å². The number of likely N-dealkylation sites (tertiary alicyclic amines) is 1. The Bertz CT molecular complexity index is 700. The molecule has 0 unspecified atom stereocenters. The number of para-hydroxylation sites is 1. The molecule has 1 aliphatic rings. The number of benzene rings is 1. The predicted octanol–water partition coefficient (Wildman–Crippen LogP) is 2.86. The van der Waals surface area contributed by atoms with Crippen molar-refractivity contribution in [2.75, 3.05) is 34.3 Å². The highest BCUT2D eigenvalue weighted by atomic mass is 16.6. The number of hydrogen-bond donors (Lipinski definition) is 0. The van der Waals surface area contributed by atoms with Crippen LogP contribution in [0.1, 0.15) is 17.0 Å². The van der Waals surface area contributed by atoms with Gasteiger partial charge in [-0.2, -0.15) is 0 Å². The number of methoxy groups -OCH3 is 1. The summed E-state index contributed by atoms with van der Waals surface area (Å²) in [5.41, 5.74) is 0. The molecule has 6 heteroatoms. The summed E-state index contributed by atoms with van der Waals surface area (Å²) in [6.07, 6.45) is 1.15. The van der Waals surface area contributed by atoms with Crippen LogP contribution in [0.2, 0.25) is 0 Å². The number of amides is 1. The van der Waals surface area contributed by atoms with Crippen LogP contribution in [0, 0.1) is 0 Å². The molecule has 134 valence electrons. The van der Waals surface area contributed by atoms with Gasteiger partial charge in [-0.3, -0.25) is 9.69 Å². The van der Waals surface area contributed by atoms with Gasteiger partial charge < -0.3 is 18.8 Å². The van der Waals surface area contributed by atoms with E-state index < -0.39 is 0 Å². The number of hydrogen-bond acceptors (Lipinski definition) is 5. The Morgan fingerprint density at radius 2 is 2.04 bits per heavy atom. The number of carbonyl (C=O) groups excluding carboxylic acids is 1. The Morgan fingerprint density at radius 1 is 1.28 bits per heavy atom. The summed E-state index contributed by atoms with van der Waals surface area (Å²) in [6, 6.07) is 12.9. The van der Waals surface area contributed by atoms with E-state index in [2.05, 4.69) is 11.9 Å². The maximum atomic E-state index is 12.6. The molecule has 1 amide bonds. The fourth-order valence-corrected chi connectivity index (χ4v) is 3.09. The molecule has 0 aliphatic carbocycles. The molecule has 0 radical (unpaired) electrons. The van der Waals surface area contributed by atoms with E-state index in [1.807, 2.05) is 30.3 Å². The molecule has 3 rings (SSSR count). The lowest BCUT2D eigenvalue weighted by molar-refractivity contribution is 0.0724. The van der Waals surface area contributed by atoms with Crippen molar-refractivity contribution in [3.05, 3.63) is 48.2 Å². The van der Waals surface area contributed by atoms with E-state index in [1.54, 1.807) is 31.2 Å². The molecular formula is C19H24N2O4. The molecule has 0 N–H and O–H groups in total. The van der Waals surface area contributed by atoms with Gasteiger partial charge in [0.2, 0.25) is 0 Å². The largest absolute Gasteiger partial charge is 0.426 e. The van der Waals surface area contributed by atoms with Gasteiger partial charge in [0.1, 0.15) is 5.75 Å². The third kappa shape index (κ3) is 4.21. The lowest BCUT2D eigenvalue weighted by Gasteiger charge is -2.24. The zero-order chi connectivity index (χ0) is 17.8. The highest BCUT2D eigenvalue weighted by Gasteiger charge is 2.31. The summed E-state index contributed by atoms with van der Waals surface area (Å²) in [5, 5.41) is 0. The van der Waals surface area contributed by atoms with Crippen LogP contribution in [-0.2, 0) is 4.74 Å². The Balaban J connectivity index is 1.59. The van der Waals surface area contributed by atoms with Crippen molar-refractivity contribution in [2.24, 2.45) is 0 Å². The summed E-state index contributed by atoms with van der Waals surface area (Å²) in [5.74, 6) is 1.09. The lowest BCUT2D eigenvalue weighted by atomic mass is 10.2.